The molecule has 0 unspecified atom stereocenters. The first-order valence-electron chi connectivity index (χ1n) is 7.96. The molecule has 0 amide bonds. The summed E-state index contributed by atoms with van der Waals surface area (Å²) in [6.07, 6.45) is -3.43. The number of hydrogen-bond donors (Lipinski definition) is 1. The largest absolute Gasteiger partial charge is 0.481 e. The first-order chi connectivity index (χ1) is 12.1. The Kier molecular flexibility index (Phi) is 4.79. The zero-order valence-electron chi connectivity index (χ0n) is 14.2. The molecule has 0 atom stereocenters. The van der Waals surface area contributed by atoms with Crippen molar-refractivity contribution >= 4 is 27.4 Å². The molecule has 2 heterocycles. The number of fused-ring (bicyclic) bond motifs is 1. The van der Waals surface area contributed by atoms with Crippen LogP contribution in [0.3, 0.4) is 0 Å². The standard InChI is InChI=1S/C18H17F3N2O2S/c1-10-5-11(6-14-17(10)12(9-26-14)7-16(24)25)3-4-13-8-15(18(19,20)21)22-23(13)2/h5-6,8-9H,3-4,7H2,1-2H3,(H,24,25). The van der Waals surface area contributed by atoms with E-state index in [9.17, 15) is 18.0 Å². The van der Waals surface area contributed by atoms with E-state index in [1.54, 1.807) is 0 Å². The van der Waals surface area contributed by atoms with Gasteiger partial charge in [-0.15, -0.1) is 11.3 Å². The highest BCUT2D eigenvalue weighted by Gasteiger charge is 2.34. The number of alkyl halides is 3. The van der Waals surface area contributed by atoms with Crippen molar-refractivity contribution in [1.29, 1.82) is 0 Å². The lowest BCUT2D eigenvalue weighted by Gasteiger charge is -2.06. The summed E-state index contributed by atoms with van der Waals surface area (Å²) in [7, 11) is 1.51. The molecule has 0 saturated carbocycles. The summed E-state index contributed by atoms with van der Waals surface area (Å²) in [5, 5.41) is 15.3. The van der Waals surface area contributed by atoms with Gasteiger partial charge in [0.15, 0.2) is 5.69 Å². The first-order valence-corrected chi connectivity index (χ1v) is 8.84. The van der Waals surface area contributed by atoms with E-state index in [4.69, 9.17) is 5.11 Å². The minimum Gasteiger partial charge on any atom is -0.481 e. The SMILES string of the molecule is Cc1cc(CCc2cc(C(F)(F)F)nn2C)cc2scc(CC(=O)O)c12. The van der Waals surface area contributed by atoms with E-state index < -0.39 is 17.8 Å². The predicted octanol–water partition coefficient (Wildman–Crippen LogP) is 4.37. The third-order valence-corrected chi connectivity index (χ3v) is 5.27. The molecule has 0 fully saturated rings. The summed E-state index contributed by atoms with van der Waals surface area (Å²) < 4.78 is 40.5. The number of aromatic nitrogens is 2. The molecule has 3 rings (SSSR count). The van der Waals surface area contributed by atoms with Crippen molar-refractivity contribution in [1.82, 2.24) is 9.78 Å². The van der Waals surface area contributed by atoms with E-state index in [1.165, 1.54) is 23.1 Å². The number of carbonyl (C=O) groups is 1. The summed E-state index contributed by atoms with van der Waals surface area (Å²) in [4.78, 5) is 11.0. The normalized spacial score (nSPS) is 12.0. The van der Waals surface area contributed by atoms with Crippen LogP contribution in [-0.2, 0) is 37.3 Å². The molecule has 4 nitrogen and oxygen atoms in total. The highest BCUT2D eigenvalue weighted by molar-refractivity contribution is 7.17. The Hall–Kier alpha value is -2.35. The van der Waals surface area contributed by atoms with Gasteiger partial charge in [-0.1, -0.05) is 6.07 Å². The van der Waals surface area contributed by atoms with Crippen molar-refractivity contribution in [2.45, 2.75) is 32.4 Å². The van der Waals surface area contributed by atoms with Crippen LogP contribution >= 0.6 is 11.3 Å². The van der Waals surface area contributed by atoms with Crippen LogP contribution in [0.5, 0.6) is 0 Å². The molecular formula is C18H17F3N2O2S. The second kappa shape index (κ2) is 6.75. The van der Waals surface area contributed by atoms with Crippen LogP contribution in [0.15, 0.2) is 23.6 Å². The lowest BCUT2D eigenvalue weighted by molar-refractivity contribution is -0.141. The van der Waals surface area contributed by atoms with E-state index in [-0.39, 0.29) is 6.42 Å². The highest BCUT2D eigenvalue weighted by atomic mass is 32.1. The van der Waals surface area contributed by atoms with Crippen LogP contribution < -0.4 is 0 Å². The van der Waals surface area contributed by atoms with Gasteiger partial charge < -0.3 is 5.11 Å². The quantitative estimate of drug-likeness (QED) is 0.713. The van der Waals surface area contributed by atoms with Crippen LogP contribution in [0.2, 0.25) is 0 Å². The number of benzene rings is 1. The second-order valence-corrected chi connectivity index (χ2v) is 7.17. The van der Waals surface area contributed by atoms with Crippen molar-refractivity contribution in [2.24, 2.45) is 7.05 Å². The van der Waals surface area contributed by atoms with Gasteiger partial charge in [0.1, 0.15) is 0 Å². The van der Waals surface area contributed by atoms with Crippen LogP contribution in [0.1, 0.15) is 28.1 Å². The fourth-order valence-corrected chi connectivity index (χ4v) is 4.21. The Labute approximate surface area is 151 Å². The van der Waals surface area contributed by atoms with Gasteiger partial charge >= 0.3 is 12.1 Å². The van der Waals surface area contributed by atoms with E-state index >= 15 is 0 Å². The zero-order chi connectivity index (χ0) is 19.1. The molecule has 0 aliphatic carbocycles. The van der Waals surface area contributed by atoms with E-state index in [2.05, 4.69) is 5.10 Å². The molecule has 26 heavy (non-hydrogen) atoms. The van der Waals surface area contributed by atoms with Gasteiger partial charge in [-0.3, -0.25) is 9.48 Å². The number of carboxylic acids is 1. The third-order valence-electron chi connectivity index (χ3n) is 4.29. The molecule has 3 aromatic rings. The van der Waals surface area contributed by atoms with Crippen molar-refractivity contribution in [2.75, 3.05) is 0 Å². The van der Waals surface area contributed by atoms with Crippen molar-refractivity contribution in [3.05, 3.63) is 51.7 Å². The number of carboxylic acid groups (broad SMARTS) is 1. The maximum Gasteiger partial charge on any atom is 0.435 e. The molecule has 0 spiro atoms. The number of aliphatic carboxylic acids is 1. The Morgan fingerprint density at radius 3 is 2.62 bits per heavy atom. The van der Waals surface area contributed by atoms with Crippen molar-refractivity contribution in [3.8, 4) is 0 Å². The van der Waals surface area contributed by atoms with Crippen LogP contribution in [0.4, 0.5) is 13.2 Å². The maximum atomic E-state index is 12.7. The van der Waals surface area contributed by atoms with Gasteiger partial charge in [0.25, 0.3) is 0 Å². The number of rotatable bonds is 5. The summed E-state index contributed by atoms with van der Waals surface area (Å²) in [6, 6.07) is 5.04. The molecule has 0 aliphatic rings. The third kappa shape index (κ3) is 3.75. The Balaban J connectivity index is 1.82. The maximum absolute atomic E-state index is 12.7. The van der Waals surface area contributed by atoms with Crippen molar-refractivity contribution < 1.29 is 23.1 Å². The molecule has 0 saturated heterocycles. The zero-order valence-corrected chi connectivity index (χ0v) is 15.0. The van der Waals surface area contributed by atoms with E-state index in [1.807, 2.05) is 24.4 Å². The summed E-state index contributed by atoms with van der Waals surface area (Å²) in [5.74, 6) is -0.871. The topological polar surface area (TPSA) is 55.1 Å². The van der Waals surface area contributed by atoms with E-state index in [0.29, 0.717) is 18.5 Å². The number of nitrogens with zero attached hydrogens (tertiary/aromatic N) is 2. The Morgan fingerprint density at radius 2 is 2.00 bits per heavy atom. The van der Waals surface area contributed by atoms with Gasteiger partial charge in [0.2, 0.25) is 0 Å². The van der Waals surface area contributed by atoms with Gasteiger partial charge in [-0.05, 0) is 59.4 Å². The molecule has 1 aromatic carbocycles. The lowest BCUT2D eigenvalue weighted by Crippen LogP contribution is -2.06. The fraction of sp³-hybridized carbons (Fsp3) is 0.333. The fourth-order valence-electron chi connectivity index (χ4n) is 3.11. The highest BCUT2D eigenvalue weighted by Crippen LogP contribution is 2.32. The molecule has 8 heteroatoms. The summed E-state index contributed by atoms with van der Waals surface area (Å²) in [6.45, 7) is 1.93. The van der Waals surface area contributed by atoms with E-state index in [0.717, 1.165) is 32.8 Å². The monoisotopic (exact) mass is 382 g/mol. The molecular weight excluding hydrogens is 365 g/mol. The molecule has 2 aromatic heterocycles. The number of aryl methyl sites for hydroxylation is 4. The molecule has 0 radical (unpaired) electrons. The Morgan fingerprint density at radius 1 is 1.27 bits per heavy atom. The van der Waals surface area contributed by atoms with Crippen LogP contribution in [0.25, 0.3) is 10.1 Å². The van der Waals surface area contributed by atoms with Gasteiger partial charge in [0.05, 0.1) is 6.42 Å². The molecule has 0 bridgehead atoms. The predicted molar refractivity (Wildman–Crippen MR) is 93.5 cm³/mol. The summed E-state index contributed by atoms with van der Waals surface area (Å²) >= 11 is 1.49. The summed E-state index contributed by atoms with van der Waals surface area (Å²) in [5.41, 5.74) is 2.43. The first kappa shape index (κ1) is 18.4. The number of thiophene rings is 1. The number of halogens is 3. The Bertz CT molecular complexity index is 973. The van der Waals surface area contributed by atoms with Gasteiger partial charge in [-0.2, -0.15) is 18.3 Å². The van der Waals surface area contributed by atoms with Crippen LogP contribution in [0, 0.1) is 6.92 Å². The molecule has 138 valence electrons. The van der Waals surface area contributed by atoms with Crippen LogP contribution in [-0.4, -0.2) is 20.9 Å². The van der Waals surface area contributed by atoms with Gasteiger partial charge in [0, 0.05) is 17.4 Å². The average Bonchev–Trinajstić information content (AvgIpc) is 3.08. The van der Waals surface area contributed by atoms with Crippen molar-refractivity contribution in [3.63, 3.8) is 0 Å². The minimum atomic E-state index is -4.44. The van der Waals surface area contributed by atoms with Gasteiger partial charge in [-0.25, -0.2) is 0 Å². The molecule has 1 N–H and O–H groups in total. The average molecular weight is 382 g/mol. The molecule has 0 aliphatic heterocycles. The smallest absolute Gasteiger partial charge is 0.435 e. The minimum absolute atomic E-state index is 0.0184. The lowest BCUT2D eigenvalue weighted by atomic mass is 10.00. The second-order valence-electron chi connectivity index (χ2n) is 6.26. The number of hydrogen-bond acceptors (Lipinski definition) is 3.